The Morgan fingerprint density at radius 2 is 1.02 bits per heavy atom. The molecule has 0 spiro atoms. The summed E-state index contributed by atoms with van der Waals surface area (Å²) in [6.45, 7) is 9.72. The quantitative estimate of drug-likeness (QED) is 0.00904. The molecule has 2 aliphatic rings. The molecule has 40 heteroatoms. The fourth-order valence-corrected chi connectivity index (χ4v) is 8.30. The molecule has 3 aromatic heterocycles. The zero-order valence-electron chi connectivity index (χ0n) is 49.5. The molecule has 4 heterocycles. The van der Waals surface area contributed by atoms with Crippen molar-refractivity contribution in [2.24, 2.45) is 0 Å². The molecular weight excluding hydrogens is 1230 g/mol. The third kappa shape index (κ3) is 18.7. The molecule has 0 unspecified atom stereocenters. The van der Waals surface area contributed by atoms with Gasteiger partial charge in [0.1, 0.15) is 16.5 Å². The lowest BCUT2D eigenvalue weighted by molar-refractivity contribution is -0.742. The molecule has 90 heavy (non-hydrogen) atoms. The maximum atomic E-state index is 11.7. The smallest absolute Gasteiger partial charge is 0.394 e. The number of nitrogens with one attached hydrogen (secondary N) is 1. The summed E-state index contributed by atoms with van der Waals surface area (Å²) in [4.78, 5) is 68.2. The summed E-state index contributed by atoms with van der Waals surface area (Å²) in [6.07, 6.45) is 5.69. The number of nitrogen functional groups attached to an aromatic ring is 1. The predicted octanol–water partition coefficient (Wildman–Crippen LogP) is 7.18. The van der Waals surface area contributed by atoms with Crippen molar-refractivity contribution in [3.63, 3.8) is 0 Å². The zero-order valence-corrected chi connectivity index (χ0v) is 50.3. The fourth-order valence-electron chi connectivity index (χ4n) is 8.30. The number of fused-ring (bicyclic) bond motifs is 4. The number of aromatic nitrogens is 4. The van der Waals surface area contributed by atoms with Crippen LogP contribution in [-0.4, -0.2) is 139 Å². The van der Waals surface area contributed by atoms with Crippen molar-refractivity contribution >= 4 is 77.1 Å². The highest BCUT2D eigenvalue weighted by Crippen LogP contribution is 2.52. The molecule has 0 bridgehead atoms. The van der Waals surface area contributed by atoms with Crippen LogP contribution in [0.3, 0.4) is 0 Å². The minimum Gasteiger partial charge on any atom is -0.618 e. The predicted molar refractivity (Wildman–Crippen MR) is 313 cm³/mol. The number of anilines is 1. The van der Waals surface area contributed by atoms with E-state index in [0.717, 1.165) is 55.1 Å². The number of benzene rings is 4. The van der Waals surface area contributed by atoms with Crippen LogP contribution in [0.15, 0.2) is 61.2 Å². The number of carbonyl (C=O) groups is 1. The van der Waals surface area contributed by atoms with Crippen molar-refractivity contribution in [1.29, 1.82) is 5.41 Å². The average Bonchev–Trinajstić information content (AvgIpc) is 0.781. The summed E-state index contributed by atoms with van der Waals surface area (Å²) in [5, 5.41) is 110. The molecule has 0 radical (unpaired) electrons. The summed E-state index contributed by atoms with van der Waals surface area (Å²) < 4.78 is 68.4. The van der Waals surface area contributed by atoms with E-state index < -0.39 is 64.0 Å². The number of nitro benzene ring substituents is 4. The van der Waals surface area contributed by atoms with Crippen LogP contribution in [0.25, 0.3) is 43.4 Å². The number of rotatable bonds is 11. The molecule has 8 rings (SSSR count). The van der Waals surface area contributed by atoms with Crippen LogP contribution in [0.2, 0.25) is 0 Å². The van der Waals surface area contributed by atoms with Crippen molar-refractivity contribution < 1.29 is 111 Å². The highest BCUT2D eigenvalue weighted by atomic mass is 32.3. The number of hydrogen-bond donors (Lipinski definition) is 9. The molecule has 3 aromatic carbocycles. The third-order valence-electron chi connectivity index (χ3n) is 11.7. The van der Waals surface area contributed by atoms with E-state index in [2.05, 4.69) is 22.1 Å². The van der Waals surface area contributed by atoms with Gasteiger partial charge in [-0.1, -0.05) is 0 Å². The summed E-state index contributed by atoms with van der Waals surface area (Å²) in [5.74, 6) is -0.647. The first kappa shape index (κ1) is 76.4. The molecule has 0 saturated carbocycles. The molecule has 39 nitrogen and oxygen atoms in total. The van der Waals surface area contributed by atoms with Gasteiger partial charge < -0.3 is 59.6 Å². The first-order chi connectivity index (χ1) is 42.0. The van der Waals surface area contributed by atoms with Crippen molar-refractivity contribution in [2.45, 2.75) is 41.5 Å². The van der Waals surface area contributed by atoms with E-state index in [-0.39, 0.29) is 61.3 Å². The topological polar surface area (TPSA) is 581 Å². The largest absolute Gasteiger partial charge is 0.618 e. The van der Waals surface area contributed by atoms with E-state index in [4.69, 9.17) is 97.6 Å². The number of methoxy groups -OCH3 is 7. The Balaban J connectivity index is 0.000000561. The molecule has 0 amide bonds. The number of ether oxygens (including phenoxy) is 7. The van der Waals surface area contributed by atoms with Gasteiger partial charge in [-0.25, -0.2) is 0 Å². The molecule has 488 valence electrons. The lowest BCUT2D eigenvalue weighted by atomic mass is 9.98. The molecule has 10 N–H and O–H groups in total. The van der Waals surface area contributed by atoms with E-state index >= 15 is 0 Å². The monoisotopic (exact) mass is 1290 g/mol. The standard InChI is InChI=1S/C12H11N3O7.C12H11N3O6.C12H15N3O3.C12H13NO.C2H4O2.HNO3.H2O4S.H2O2/c1-6-8-7(4-5-13(6)16)9(14(17)18)11(21-2)12(22-3)10(8)15(19)20;1-6-8-7(4-5-13-6)9(14(16)17)11(20-2)12(21-3)10(8)15(18)19;1-6-8-7(4-5-15(6)16)9(13)11(17-2)12(18-3)10(8)14;1-8-6-11-9(2)13-5-4-10(11)7-12(8)14-3;1-2(3)4;2-1(3)4;1-5(2,3)4;1-2/h4-5H,1-3H3;4-5H,1-3H3;4-5,14,16H,13H2,1-3H3;4-7H,1-3H3;1H3,(H,3,4);(H,2,3,4);(H2,1,2,3,4);1-2H. The Morgan fingerprint density at radius 3 is 1.43 bits per heavy atom. The Morgan fingerprint density at radius 1 is 0.633 bits per heavy atom. The number of nitrogens with zero attached hydrogens (tertiary/aromatic N) is 9. The van der Waals surface area contributed by atoms with Crippen LogP contribution in [0.4, 0.5) is 28.4 Å². The van der Waals surface area contributed by atoms with E-state index in [1.54, 1.807) is 20.1 Å². The number of nitrogens with two attached hydrogens (primary N) is 1. The van der Waals surface area contributed by atoms with Gasteiger partial charge in [0.25, 0.3) is 11.1 Å². The van der Waals surface area contributed by atoms with Gasteiger partial charge in [-0.05, 0) is 69.0 Å². The second-order valence-electron chi connectivity index (χ2n) is 16.9. The van der Waals surface area contributed by atoms with Gasteiger partial charge in [-0.2, -0.15) is 17.9 Å². The van der Waals surface area contributed by atoms with Crippen LogP contribution in [-0.2, 0) is 15.2 Å². The maximum Gasteiger partial charge on any atom is 0.394 e. The Bertz CT molecular complexity index is 4080. The van der Waals surface area contributed by atoms with Gasteiger partial charge in [-0.3, -0.25) is 80.2 Å². The number of pyridine rings is 4. The summed E-state index contributed by atoms with van der Waals surface area (Å²) >= 11 is 0. The van der Waals surface area contributed by atoms with Crippen molar-refractivity contribution in [2.75, 3.05) is 55.5 Å². The Hall–Kier alpha value is -11.6. The molecule has 6 aromatic rings. The van der Waals surface area contributed by atoms with Gasteiger partial charge >= 0.3 is 33.1 Å². The van der Waals surface area contributed by atoms with Crippen molar-refractivity contribution in [3.05, 3.63) is 151 Å². The van der Waals surface area contributed by atoms with Crippen molar-refractivity contribution in [1.82, 2.24) is 14.7 Å². The van der Waals surface area contributed by atoms with Crippen LogP contribution in [0.1, 0.15) is 35.3 Å². The first-order valence-electron chi connectivity index (χ1n) is 24.0. The van der Waals surface area contributed by atoms with E-state index in [0.29, 0.717) is 38.7 Å². The van der Waals surface area contributed by atoms with Crippen LogP contribution >= 0.6 is 0 Å². The Kier molecular flexibility index (Phi) is 28.8. The minimum absolute atomic E-state index is 0.0479. The second-order valence-corrected chi connectivity index (χ2v) is 17.8. The lowest BCUT2D eigenvalue weighted by Crippen LogP contribution is -2.29. The molecule has 1 aliphatic heterocycles. The summed E-state index contributed by atoms with van der Waals surface area (Å²) in [6, 6.07) is 10.3. The normalized spacial score (nSPS) is 10.0. The van der Waals surface area contributed by atoms with E-state index in [1.807, 2.05) is 26.1 Å². The van der Waals surface area contributed by atoms with Crippen LogP contribution in [0.5, 0.6) is 40.2 Å². The molecule has 0 fully saturated rings. The number of carboxylic acids is 1. The number of hydrogen-bond acceptors (Lipinski definition) is 28. The number of aryl methyl sites for hydroxylation is 4. The second kappa shape index (κ2) is 33.9. The minimum atomic E-state index is -4.67. The van der Waals surface area contributed by atoms with E-state index in [1.165, 1.54) is 71.5 Å². The number of nitro groups is 4. The fraction of sp³-hybridized carbons (Fsp3) is 0.260. The highest BCUT2D eigenvalue weighted by Gasteiger charge is 2.38. The summed E-state index contributed by atoms with van der Waals surface area (Å²) in [7, 11) is 4.60. The summed E-state index contributed by atoms with van der Waals surface area (Å²) in [5.41, 5.74) is 8.73. The zero-order chi connectivity index (χ0) is 69.6. The first-order valence-corrected chi connectivity index (χ1v) is 25.4. The molecule has 0 saturated heterocycles. The van der Waals surface area contributed by atoms with Gasteiger partial charge in [0.2, 0.25) is 28.7 Å². The lowest BCUT2D eigenvalue weighted by Gasteiger charge is -2.19. The van der Waals surface area contributed by atoms with Crippen LogP contribution in [0, 0.1) is 95.8 Å². The van der Waals surface area contributed by atoms with E-state index in [9.17, 15) is 50.9 Å². The SMILES string of the molecule is CC(=O)O.COc1c(N)c2ccn(O)c(C)c-2c(=N)c1OC.COc1c(OC)c([N+](=O)[O-])c2c(C)[n+]([O-])ccc2c1[N+](=O)[O-].COc1c(OC)c([N+](=O)[O-])c2c(C)nccc2c1[N+](=O)[O-].COc1cc2ccnc(C)c2cc1C.O=S(=O)(O)O.O=[N+]([O-])O.OO. The molecular formula is C50H59N11O28S. The van der Waals surface area contributed by atoms with Crippen molar-refractivity contribution in [3.8, 4) is 51.4 Å². The Labute approximate surface area is 506 Å². The molecule has 0 atom stereocenters. The number of carboxylic acid groups (broad SMARTS) is 1. The van der Waals surface area contributed by atoms with Gasteiger partial charge in [0, 0.05) is 60.7 Å². The highest BCUT2D eigenvalue weighted by molar-refractivity contribution is 7.79. The van der Waals surface area contributed by atoms with Gasteiger partial charge in [-0.15, -0.1) is 10.1 Å². The van der Waals surface area contributed by atoms with Gasteiger partial charge in [0.15, 0.2) is 17.7 Å². The van der Waals surface area contributed by atoms with Crippen LogP contribution < -0.4 is 49.0 Å². The average molecular weight is 1290 g/mol. The number of aliphatic carboxylic acids is 1. The third-order valence-corrected chi connectivity index (χ3v) is 11.7. The molecule has 1 aliphatic carbocycles. The van der Waals surface area contributed by atoms with Gasteiger partial charge in [0.05, 0.1) is 103 Å². The maximum absolute atomic E-state index is 11.7.